The molecule has 3 rings (SSSR count). The van der Waals surface area contributed by atoms with Gasteiger partial charge in [0.1, 0.15) is 0 Å². The van der Waals surface area contributed by atoms with Crippen LogP contribution in [0.5, 0.6) is 0 Å². The first-order valence-electron chi connectivity index (χ1n) is 11.6. The molecule has 0 unspecified atom stereocenters. The summed E-state index contributed by atoms with van der Waals surface area (Å²) in [5.74, 6) is -1.83. The number of carbonyl (C=O) groups is 2. The number of carboxylic acid groups (broad SMARTS) is 1. The third-order valence-corrected chi connectivity index (χ3v) is 8.40. The molecule has 0 atom stereocenters. The second kappa shape index (κ2) is 11.7. The van der Waals surface area contributed by atoms with Gasteiger partial charge in [-0.2, -0.15) is 18.4 Å². The minimum Gasteiger partial charge on any atom is -0.465 e. The number of alkyl halides is 3. The van der Waals surface area contributed by atoms with Crippen LogP contribution in [0.3, 0.4) is 0 Å². The number of nitrogen functional groups attached to an aromatic ring is 1. The number of benzene rings is 2. The molecule has 0 saturated carbocycles. The van der Waals surface area contributed by atoms with Crippen LogP contribution in [0.4, 0.5) is 23.7 Å². The predicted molar refractivity (Wildman–Crippen MR) is 136 cm³/mol. The van der Waals surface area contributed by atoms with Crippen molar-refractivity contribution in [3.63, 3.8) is 0 Å². The van der Waals surface area contributed by atoms with Crippen molar-refractivity contribution in [1.29, 1.82) is 5.26 Å². The summed E-state index contributed by atoms with van der Waals surface area (Å²) >= 11 is 6.29. The van der Waals surface area contributed by atoms with Gasteiger partial charge in [-0.3, -0.25) is 9.69 Å². The van der Waals surface area contributed by atoms with E-state index in [1.165, 1.54) is 31.2 Å². The van der Waals surface area contributed by atoms with Crippen molar-refractivity contribution < 1.29 is 36.3 Å². The lowest BCUT2D eigenvalue weighted by molar-refractivity contribution is -0.138. The number of rotatable bonds is 7. The smallest absolute Gasteiger partial charge is 0.416 e. The summed E-state index contributed by atoms with van der Waals surface area (Å²) in [4.78, 5) is 27.3. The molecule has 1 aliphatic heterocycles. The fourth-order valence-electron chi connectivity index (χ4n) is 4.11. The highest BCUT2D eigenvalue weighted by molar-refractivity contribution is 7.89. The van der Waals surface area contributed by atoms with Gasteiger partial charge < -0.3 is 15.7 Å². The van der Waals surface area contributed by atoms with E-state index in [9.17, 15) is 31.2 Å². The molecule has 0 aliphatic carbocycles. The Balaban J connectivity index is 2.04. The quantitative estimate of drug-likeness (QED) is 0.467. The van der Waals surface area contributed by atoms with Crippen molar-refractivity contribution in [2.45, 2.75) is 26.2 Å². The molecule has 3 N–H and O–H groups in total. The number of carbonyl (C=O) groups excluding carboxylic acids is 1. The Morgan fingerprint density at radius 1 is 1.21 bits per heavy atom. The van der Waals surface area contributed by atoms with Crippen LogP contribution >= 0.6 is 11.6 Å². The highest BCUT2D eigenvalue weighted by atomic mass is 35.5. The molecule has 10 nitrogen and oxygen atoms in total. The molecule has 1 fully saturated rings. The zero-order chi connectivity index (χ0) is 29.1. The third-order valence-electron chi connectivity index (χ3n) is 6.28. The van der Waals surface area contributed by atoms with Crippen molar-refractivity contribution in [3.05, 3.63) is 63.2 Å². The average molecular weight is 588 g/mol. The summed E-state index contributed by atoms with van der Waals surface area (Å²) < 4.78 is 68.6. The Hall–Kier alpha value is -3.54. The SMILES string of the molecule is CCS(=O)(=O)N(Cc1cccc(C#N)c1)C(=O)c1cc(C(F)(F)F)c(CN2CCN(C(=O)O)CC2)c(Cl)c1N. The third kappa shape index (κ3) is 6.73. The Morgan fingerprint density at radius 2 is 1.85 bits per heavy atom. The lowest BCUT2D eigenvalue weighted by Crippen LogP contribution is -2.48. The fraction of sp³-hybridized carbons (Fsp3) is 0.375. The van der Waals surface area contributed by atoms with E-state index in [1.807, 2.05) is 6.07 Å². The van der Waals surface area contributed by atoms with Crippen molar-refractivity contribution in [2.24, 2.45) is 0 Å². The summed E-state index contributed by atoms with van der Waals surface area (Å²) in [5.41, 5.74) is 3.58. The highest BCUT2D eigenvalue weighted by Crippen LogP contribution is 2.41. The van der Waals surface area contributed by atoms with Gasteiger partial charge in [0.05, 0.1) is 45.8 Å². The minimum absolute atomic E-state index is 0.0805. The van der Waals surface area contributed by atoms with Gasteiger partial charge in [-0.1, -0.05) is 23.7 Å². The lowest BCUT2D eigenvalue weighted by Gasteiger charge is -2.34. The van der Waals surface area contributed by atoms with E-state index in [-0.39, 0.29) is 43.9 Å². The standard InChI is InChI=1S/C24H25ClF3N5O5S/c1-2-39(37,38)33(13-16-5-3-4-15(10-16)12-29)22(34)17-11-19(24(26,27)28)18(20(25)21(17)30)14-31-6-8-32(9-7-31)23(35)36/h3-5,10-11H,2,6-9,13-14,30H2,1H3,(H,35,36). The zero-order valence-electron chi connectivity index (χ0n) is 20.7. The molecule has 1 heterocycles. The maximum absolute atomic E-state index is 14.2. The normalized spacial score (nSPS) is 14.6. The van der Waals surface area contributed by atoms with Crippen LogP contribution in [-0.4, -0.2) is 71.6 Å². The number of nitrogens with zero attached hydrogens (tertiary/aromatic N) is 4. The van der Waals surface area contributed by atoms with Gasteiger partial charge in [0.2, 0.25) is 10.0 Å². The molecule has 2 aromatic carbocycles. The summed E-state index contributed by atoms with van der Waals surface area (Å²) in [7, 11) is -4.29. The molecule has 0 spiro atoms. The number of hydrogen-bond donors (Lipinski definition) is 2. The van der Waals surface area contributed by atoms with Gasteiger partial charge in [-0.05, 0) is 36.2 Å². The molecule has 0 aromatic heterocycles. The number of sulfonamides is 1. The topological polar surface area (TPSA) is 148 Å². The van der Waals surface area contributed by atoms with Crippen LogP contribution in [0.2, 0.25) is 5.02 Å². The van der Waals surface area contributed by atoms with E-state index in [0.717, 1.165) is 4.90 Å². The van der Waals surface area contributed by atoms with Gasteiger partial charge in [-0.15, -0.1) is 0 Å². The fourth-order valence-corrected chi connectivity index (χ4v) is 5.38. The van der Waals surface area contributed by atoms with Crippen molar-refractivity contribution >= 4 is 39.3 Å². The largest absolute Gasteiger partial charge is 0.465 e. The van der Waals surface area contributed by atoms with E-state index in [1.54, 1.807) is 4.90 Å². The van der Waals surface area contributed by atoms with Crippen LogP contribution in [0, 0.1) is 11.3 Å². The second-order valence-corrected chi connectivity index (χ2v) is 11.3. The Kier molecular flexibility index (Phi) is 8.99. The van der Waals surface area contributed by atoms with Crippen molar-refractivity contribution in [3.8, 4) is 6.07 Å². The van der Waals surface area contributed by atoms with Crippen LogP contribution in [0.15, 0.2) is 30.3 Å². The molecule has 1 aliphatic rings. The molecule has 39 heavy (non-hydrogen) atoms. The molecule has 2 aromatic rings. The molecule has 0 radical (unpaired) electrons. The average Bonchev–Trinajstić information content (AvgIpc) is 2.89. The number of anilines is 1. The van der Waals surface area contributed by atoms with Gasteiger partial charge in [-0.25, -0.2) is 17.5 Å². The van der Waals surface area contributed by atoms with E-state index < -0.39 is 67.9 Å². The first kappa shape index (κ1) is 30.0. The van der Waals surface area contributed by atoms with Gasteiger partial charge in [0.15, 0.2) is 0 Å². The number of amides is 2. The van der Waals surface area contributed by atoms with Gasteiger partial charge >= 0.3 is 12.3 Å². The number of piperazine rings is 1. The van der Waals surface area contributed by atoms with Gasteiger partial charge in [0, 0.05) is 32.7 Å². The second-order valence-electron chi connectivity index (χ2n) is 8.75. The molecule has 210 valence electrons. The van der Waals surface area contributed by atoms with E-state index in [2.05, 4.69) is 0 Å². The number of nitrogens with two attached hydrogens (primary N) is 1. The lowest BCUT2D eigenvalue weighted by atomic mass is 9.99. The zero-order valence-corrected chi connectivity index (χ0v) is 22.3. The molecule has 2 amide bonds. The van der Waals surface area contributed by atoms with Crippen LogP contribution < -0.4 is 5.73 Å². The summed E-state index contributed by atoms with van der Waals surface area (Å²) in [5, 5.41) is 17.7. The van der Waals surface area contributed by atoms with E-state index >= 15 is 0 Å². The van der Waals surface area contributed by atoms with Crippen LogP contribution in [0.25, 0.3) is 0 Å². The summed E-state index contributed by atoms with van der Waals surface area (Å²) in [6, 6.07) is 8.16. The maximum atomic E-state index is 14.2. The molecular formula is C24H25ClF3N5O5S. The Morgan fingerprint density at radius 3 is 2.38 bits per heavy atom. The molecule has 1 saturated heterocycles. The van der Waals surface area contributed by atoms with Crippen molar-refractivity contribution in [1.82, 2.24) is 14.1 Å². The van der Waals surface area contributed by atoms with Crippen molar-refractivity contribution in [2.75, 3.05) is 37.7 Å². The summed E-state index contributed by atoms with van der Waals surface area (Å²) in [6.45, 7) is 0.853. The molecule has 15 heteroatoms. The monoisotopic (exact) mass is 587 g/mol. The van der Waals surface area contributed by atoms with Crippen LogP contribution in [-0.2, 0) is 29.3 Å². The Bertz CT molecular complexity index is 1420. The minimum atomic E-state index is -4.97. The number of hydrogen-bond acceptors (Lipinski definition) is 7. The maximum Gasteiger partial charge on any atom is 0.416 e. The van der Waals surface area contributed by atoms with Crippen LogP contribution in [0.1, 0.15) is 39.5 Å². The molecular weight excluding hydrogens is 563 g/mol. The predicted octanol–water partition coefficient (Wildman–Crippen LogP) is 3.60. The first-order chi connectivity index (χ1) is 18.2. The van der Waals surface area contributed by atoms with Gasteiger partial charge in [0.25, 0.3) is 5.91 Å². The number of halogens is 4. The van der Waals surface area contributed by atoms with E-state index in [0.29, 0.717) is 10.4 Å². The molecule has 0 bridgehead atoms. The van der Waals surface area contributed by atoms with E-state index in [4.69, 9.17) is 27.7 Å². The number of nitriles is 1. The first-order valence-corrected chi connectivity index (χ1v) is 13.6. The Labute approximate surface area is 228 Å². The highest BCUT2D eigenvalue weighted by Gasteiger charge is 2.39. The summed E-state index contributed by atoms with van der Waals surface area (Å²) in [6.07, 6.45) is -6.11.